The Bertz CT molecular complexity index is 1020. The Balaban J connectivity index is 2.13. The highest BCUT2D eigenvalue weighted by Crippen LogP contribution is 2.41. The molecule has 1 amide bonds. The van der Waals surface area contributed by atoms with Crippen LogP contribution >= 0.6 is 0 Å². The van der Waals surface area contributed by atoms with Gasteiger partial charge in [-0.1, -0.05) is 18.2 Å². The number of hydrogen-bond acceptors (Lipinski definition) is 6. The molecular weight excluding hydrogens is 391 g/mol. The average molecular weight is 405 g/mol. The minimum atomic E-state index is -6.14. The molecule has 1 N–H and O–H groups in total. The van der Waals surface area contributed by atoms with E-state index in [9.17, 15) is 31.5 Å². The van der Waals surface area contributed by atoms with Crippen LogP contribution in [0.2, 0.25) is 0 Å². The zero-order valence-electron chi connectivity index (χ0n) is 14.0. The Labute approximate surface area is 152 Å². The lowest BCUT2D eigenvalue weighted by Gasteiger charge is -2.32. The lowest BCUT2D eigenvalue weighted by Crippen LogP contribution is -2.42. The number of hydrogen-bond donors (Lipinski definition) is 1. The Hall–Kier alpha value is -2.37. The first-order chi connectivity index (χ1) is 12.4. The number of hydroxylamine groups is 2. The Morgan fingerprint density at radius 3 is 2.44 bits per heavy atom. The predicted molar refractivity (Wildman–Crippen MR) is 86.9 cm³/mol. The molecule has 1 heterocycles. The first-order valence-electron chi connectivity index (χ1n) is 7.69. The van der Waals surface area contributed by atoms with Crippen molar-refractivity contribution >= 4 is 26.8 Å². The van der Waals surface area contributed by atoms with Crippen LogP contribution in [-0.2, 0) is 14.4 Å². The number of carbonyl (C=O) groups is 1. The van der Waals surface area contributed by atoms with Crippen molar-refractivity contribution in [1.82, 2.24) is 5.06 Å². The molecule has 2 aromatic carbocycles. The molecule has 0 saturated carbocycles. The number of alkyl halides is 3. The van der Waals surface area contributed by atoms with Crippen LogP contribution in [0.3, 0.4) is 0 Å². The van der Waals surface area contributed by atoms with Crippen molar-refractivity contribution in [3.8, 4) is 5.75 Å². The van der Waals surface area contributed by atoms with E-state index in [1.165, 1.54) is 24.3 Å². The summed E-state index contributed by atoms with van der Waals surface area (Å²) in [5.74, 6) is -0.821. The molecule has 0 fully saturated rings. The summed E-state index contributed by atoms with van der Waals surface area (Å²) in [6.07, 6.45) is -2.25. The van der Waals surface area contributed by atoms with E-state index in [1.807, 2.05) is 0 Å². The normalized spacial score (nSPS) is 17.7. The molecule has 0 aromatic heterocycles. The van der Waals surface area contributed by atoms with Gasteiger partial charge in [0.15, 0.2) is 6.23 Å². The predicted octanol–water partition coefficient (Wildman–Crippen LogP) is 2.85. The molecule has 27 heavy (non-hydrogen) atoms. The molecule has 2 aromatic rings. The van der Waals surface area contributed by atoms with E-state index in [0.717, 1.165) is 0 Å². The molecule has 11 heteroatoms. The van der Waals surface area contributed by atoms with Gasteiger partial charge in [0, 0.05) is 16.3 Å². The summed E-state index contributed by atoms with van der Waals surface area (Å²) in [7, 11) is -6.14. The first kappa shape index (κ1) is 19.4. The van der Waals surface area contributed by atoms with Crippen LogP contribution in [0.1, 0.15) is 36.0 Å². The molecule has 0 aliphatic carbocycles. The number of carbonyl (C=O) groups excluding carboxylic acids is 1. The second-order valence-corrected chi connectivity index (χ2v) is 7.55. The Kier molecular flexibility index (Phi) is 4.57. The van der Waals surface area contributed by atoms with Gasteiger partial charge in [0.2, 0.25) is 0 Å². The maximum absolute atomic E-state index is 12.6. The number of aliphatic hydroxyl groups excluding tert-OH is 1. The second kappa shape index (κ2) is 6.36. The van der Waals surface area contributed by atoms with Crippen LogP contribution in [0.15, 0.2) is 30.3 Å². The van der Waals surface area contributed by atoms with E-state index in [2.05, 4.69) is 4.28 Å². The number of rotatable bonds is 4. The van der Waals surface area contributed by atoms with Crippen molar-refractivity contribution in [2.24, 2.45) is 0 Å². The number of halogens is 3. The number of nitrogens with zero attached hydrogens (tertiary/aromatic N) is 1. The summed E-state index contributed by atoms with van der Waals surface area (Å²) >= 11 is 0. The minimum Gasteiger partial charge on any atom is -0.490 e. The topological polar surface area (TPSA) is 93.1 Å². The molecule has 1 unspecified atom stereocenters. The van der Waals surface area contributed by atoms with E-state index in [1.54, 1.807) is 19.9 Å². The Morgan fingerprint density at radius 1 is 1.19 bits per heavy atom. The summed E-state index contributed by atoms with van der Waals surface area (Å²) in [6, 6.07) is 7.16. The summed E-state index contributed by atoms with van der Waals surface area (Å²) in [5, 5.41) is 10.8. The maximum Gasteiger partial charge on any atom is 0.525 e. The number of ether oxygens (including phenoxy) is 1. The van der Waals surface area contributed by atoms with Crippen molar-refractivity contribution in [2.75, 3.05) is 0 Å². The third kappa shape index (κ3) is 3.22. The van der Waals surface area contributed by atoms with Crippen molar-refractivity contribution in [2.45, 2.75) is 31.7 Å². The monoisotopic (exact) mass is 405 g/mol. The number of benzene rings is 2. The molecule has 1 atom stereocenters. The van der Waals surface area contributed by atoms with Gasteiger partial charge in [0.05, 0.1) is 11.7 Å². The van der Waals surface area contributed by atoms with Gasteiger partial charge in [-0.3, -0.25) is 4.79 Å². The smallest absolute Gasteiger partial charge is 0.490 e. The van der Waals surface area contributed by atoms with Crippen LogP contribution in [-0.4, -0.2) is 36.1 Å². The van der Waals surface area contributed by atoms with Crippen molar-refractivity contribution in [1.29, 1.82) is 0 Å². The van der Waals surface area contributed by atoms with Gasteiger partial charge in [-0.15, -0.1) is 4.28 Å². The highest BCUT2D eigenvalue weighted by Gasteiger charge is 2.51. The van der Waals surface area contributed by atoms with E-state index in [-0.39, 0.29) is 27.7 Å². The average Bonchev–Trinajstić information content (AvgIpc) is 2.56. The molecule has 0 saturated heterocycles. The fourth-order valence-corrected chi connectivity index (χ4v) is 3.18. The van der Waals surface area contributed by atoms with E-state index in [0.29, 0.717) is 11.1 Å². The largest absolute Gasteiger partial charge is 0.525 e. The quantitative estimate of drug-likeness (QED) is 0.787. The molecular formula is C16H14F3NO6S. The van der Waals surface area contributed by atoms with Crippen LogP contribution in [0.4, 0.5) is 13.2 Å². The van der Waals surface area contributed by atoms with Gasteiger partial charge < -0.3 is 9.84 Å². The number of amides is 1. The zero-order chi connectivity index (χ0) is 20.1. The second-order valence-electron chi connectivity index (χ2n) is 6.03. The maximum atomic E-state index is 12.6. The van der Waals surface area contributed by atoms with E-state index >= 15 is 0 Å². The molecule has 146 valence electrons. The van der Waals surface area contributed by atoms with Crippen LogP contribution in [0, 0.1) is 0 Å². The summed E-state index contributed by atoms with van der Waals surface area (Å²) in [5.41, 5.74) is -5.87. The minimum absolute atomic E-state index is 0.00804. The van der Waals surface area contributed by atoms with Gasteiger partial charge in [0.25, 0.3) is 5.91 Å². The lowest BCUT2D eigenvalue weighted by molar-refractivity contribution is -0.151. The molecule has 1 aliphatic heterocycles. The van der Waals surface area contributed by atoms with E-state index in [4.69, 9.17) is 4.74 Å². The van der Waals surface area contributed by atoms with Crippen molar-refractivity contribution in [3.05, 3.63) is 41.5 Å². The van der Waals surface area contributed by atoms with Gasteiger partial charge in [-0.2, -0.15) is 26.7 Å². The lowest BCUT2D eigenvalue weighted by atomic mass is 9.94. The fourth-order valence-electron chi connectivity index (χ4n) is 2.74. The molecule has 1 aliphatic rings. The molecule has 3 rings (SSSR count). The van der Waals surface area contributed by atoms with E-state index < -0.39 is 27.8 Å². The summed E-state index contributed by atoms with van der Waals surface area (Å²) in [6.45, 7) is 3.57. The molecule has 7 nitrogen and oxygen atoms in total. The highest BCUT2D eigenvalue weighted by molar-refractivity contribution is 7.87. The zero-order valence-corrected chi connectivity index (χ0v) is 14.8. The van der Waals surface area contributed by atoms with Crippen molar-refractivity contribution in [3.63, 3.8) is 0 Å². The van der Waals surface area contributed by atoms with Gasteiger partial charge in [-0.05, 0) is 26.0 Å². The molecule has 0 spiro atoms. The Morgan fingerprint density at radius 2 is 1.85 bits per heavy atom. The van der Waals surface area contributed by atoms with Crippen molar-refractivity contribution < 1.29 is 40.5 Å². The third-order valence-electron chi connectivity index (χ3n) is 3.79. The van der Waals surface area contributed by atoms with Gasteiger partial charge >= 0.3 is 15.6 Å². The summed E-state index contributed by atoms with van der Waals surface area (Å²) < 4.78 is 69.9. The van der Waals surface area contributed by atoms with Crippen LogP contribution < -0.4 is 4.74 Å². The fraction of sp³-hybridized carbons (Fsp3) is 0.312. The number of aliphatic hydroxyl groups is 1. The molecule has 0 bridgehead atoms. The summed E-state index contributed by atoms with van der Waals surface area (Å²) in [4.78, 5) is 12.5. The third-order valence-corrected chi connectivity index (χ3v) is 4.71. The van der Waals surface area contributed by atoms with Crippen LogP contribution in [0.5, 0.6) is 5.75 Å². The molecule has 0 radical (unpaired) electrons. The highest BCUT2D eigenvalue weighted by atomic mass is 32.2. The SMILES string of the molecule is CC(C)Oc1ccc2c3c(cccc13)C(O)N(OS(=O)(=O)C(F)(F)F)C2=O. The first-order valence-corrected chi connectivity index (χ1v) is 9.09. The van der Waals surface area contributed by atoms with Gasteiger partial charge in [0.1, 0.15) is 5.75 Å². The van der Waals surface area contributed by atoms with Gasteiger partial charge in [-0.25, -0.2) is 0 Å². The standard InChI is InChI=1S/C16H14F3NO6S/c1-8(2)25-12-7-6-11-13-9(12)4-3-5-10(13)14(21)20(15(11)22)26-27(23,24)16(17,18)19/h3-8,14,21H,1-2H3. The van der Waals surface area contributed by atoms with Crippen LogP contribution in [0.25, 0.3) is 10.8 Å².